The molecule has 1 aromatic heterocycles. The lowest BCUT2D eigenvalue weighted by Crippen LogP contribution is -2.30. The van der Waals surface area contributed by atoms with Crippen molar-refractivity contribution in [1.29, 1.82) is 0 Å². The molecule has 7 nitrogen and oxygen atoms in total. The van der Waals surface area contributed by atoms with Crippen molar-refractivity contribution in [3.8, 4) is 5.75 Å². The third-order valence-electron chi connectivity index (χ3n) is 5.38. The van der Waals surface area contributed by atoms with E-state index < -0.39 is 17.5 Å². The topological polar surface area (TPSA) is 94.8 Å². The van der Waals surface area contributed by atoms with E-state index in [2.05, 4.69) is 12.2 Å². The molecule has 4 rings (SSSR count). The molecule has 4 aromatic rings. The predicted molar refractivity (Wildman–Crippen MR) is 129 cm³/mol. The fourth-order valence-electron chi connectivity index (χ4n) is 3.63. The SMILES string of the molecule is CCCCOc1ccc(C(=O)NCC(=O)OCc2cc(=O)oc3ccc4ccccc4c23)cc1. The Labute approximate surface area is 196 Å². The summed E-state index contributed by atoms with van der Waals surface area (Å²) in [4.78, 5) is 36.6. The average Bonchev–Trinajstić information content (AvgIpc) is 2.86. The largest absolute Gasteiger partial charge is 0.494 e. The van der Waals surface area contributed by atoms with E-state index in [1.165, 1.54) is 6.07 Å². The van der Waals surface area contributed by atoms with Crippen LogP contribution >= 0.6 is 0 Å². The third kappa shape index (κ3) is 5.43. The molecule has 0 atom stereocenters. The fraction of sp³-hybridized carbons (Fsp3) is 0.222. The van der Waals surface area contributed by atoms with Gasteiger partial charge in [0.1, 0.15) is 24.5 Å². The molecule has 174 valence electrons. The molecule has 0 aliphatic heterocycles. The zero-order valence-electron chi connectivity index (χ0n) is 18.8. The molecule has 0 unspecified atom stereocenters. The van der Waals surface area contributed by atoms with Crippen molar-refractivity contribution in [2.75, 3.05) is 13.2 Å². The van der Waals surface area contributed by atoms with Gasteiger partial charge >= 0.3 is 11.6 Å². The van der Waals surface area contributed by atoms with E-state index in [1.54, 1.807) is 30.3 Å². The summed E-state index contributed by atoms with van der Waals surface area (Å²) < 4.78 is 16.2. The van der Waals surface area contributed by atoms with Gasteiger partial charge in [-0.15, -0.1) is 0 Å². The molecule has 0 saturated carbocycles. The molecule has 1 amide bonds. The van der Waals surface area contributed by atoms with Gasteiger partial charge in [0.05, 0.1) is 6.61 Å². The van der Waals surface area contributed by atoms with Gasteiger partial charge in [0.15, 0.2) is 0 Å². The Morgan fingerprint density at radius 3 is 2.59 bits per heavy atom. The van der Waals surface area contributed by atoms with Crippen LogP contribution in [0, 0.1) is 0 Å². The molecular formula is C27H25NO6. The number of rotatable bonds is 9. The van der Waals surface area contributed by atoms with E-state index >= 15 is 0 Å². The van der Waals surface area contributed by atoms with Crippen LogP contribution < -0.4 is 15.7 Å². The van der Waals surface area contributed by atoms with Gasteiger partial charge in [-0.1, -0.05) is 43.7 Å². The number of carbonyl (C=O) groups excluding carboxylic acids is 2. The molecule has 1 N–H and O–H groups in total. The highest BCUT2D eigenvalue weighted by Crippen LogP contribution is 2.27. The monoisotopic (exact) mass is 459 g/mol. The van der Waals surface area contributed by atoms with Gasteiger partial charge in [-0.2, -0.15) is 0 Å². The zero-order valence-corrected chi connectivity index (χ0v) is 18.8. The van der Waals surface area contributed by atoms with Crippen molar-refractivity contribution in [3.05, 3.63) is 88.3 Å². The summed E-state index contributed by atoms with van der Waals surface area (Å²) in [6, 6.07) is 19.3. The Morgan fingerprint density at radius 1 is 1.00 bits per heavy atom. The maximum atomic E-state index is 12.3. The van der Waals surface area contributed by atoms with Crippen LogP contribution in [0.15, 0.2) is 75.9 Å². The number of nitrogens with one attached hydrogen (secondary N) is 1. The molecule has 0 aliphatic rings. The number of esters is 1. The standard InChI is InChI=1S/C27H25NO6/c1-2-3-14-32-21-11-8-19(9-12-21)27(31)28-16-25(30)33-17-20-15-24(29)34-23-13-10-18-6-4-5-7-22(18)26(20)23/h4-13,15H,2-3,14,16-17H2,1H3,(H,28,31). The minimum Gasteiger partial charge on any atom is -0.494 e. The normalized spacial score (nSPS) is 10.9. The number of amides is 1. The van der Waals surface area contributed by atoms with Crippen LogP contribution in [-0.2, 0) is 16.1 Å². The van der Waals surface area contributed by atoms with E-state index in [0.29, 0.717) is 29.1 Å². The lowest BCUT2D eigenvalue weighted by molar-refractivity contribution is -0.143. The van der Waals surface area contributed by atoms with E-state index in [1.807, 2.05) is 30.3 Å². The number of hydrogen-bond acceptors (Lipinski definition) is 6. The molecule has 1 heterocycles. The van der Waals surface area contributed by atoms with Crippen molar-refractivity contribution in [2.45, 2.75) is 26.4 Å². The van der Waals surface area contributed by atoms with Gasteiger partial charge < -0.3 is 19.2 Å². The smallest absolute Gasteiger partial charge is 0.336 e. The van der Waals surface area contributed by atoms with Crippen LogP contribution in [0.4, 0.5) is 0 Å². The van der Waals surface area contributed by atoms with Crippen molar-refractivity contribution in [3.63, 3.8) is 0 Å². The third-order valence-corrected chi connectivity index (χ3v) is 5.38. The number of ether oxygens (including phenoxy) is 2. The van der Waals surface area contributed by atoms with Gasteiger partial charge in [0.2, 0.25) is 0 Å². The van der Waals surface area contributed by atoms with Crippen LogP contribution in [-0.4, -0.2) is 25.0 Å². The molecule has 3 aromatic carbocycles. The first kappa shape index (κ1) is 23.0. The van der Waals surface area contributed by atoms with Crippen LogP contribution in [0.3, 0.4) is 0 Å². The Balaban J connectivity index is 1.37. The first-order valence-corrected chi connectivity index (χ1v) is 11.2. The van der Waals surface area contributed by atoms with Gasteiger partial charge in [0.25, 0.3) is 5.91 Å². The molecule has 0 fully saturated rings. The molecule has 0 bridgehead atoms. The molecule has 0 saturated heterocycles. The summed E-state index contributed by atoms with van der Waals surface area (Å²) in [7, 11) is 0. The van der Waals surface area contributed by atoms with Crippen LogP contribution in [0.1, 0.15) is 35.7 Å². The summed E-state index contributed by atoms with van der Waals surface area (Å²) in [5.74, 6) is -0.320. The average molecular weight is 459 g/mol. The van der Waals surface area contributed by atoms with Gasteiger partial charge in [-0.25, -0.2) is 4.79 Å². The number of unbranched alkanes of at least 4 members (excludes halogenated alkanes) is 1. The summed E-state index contributed by atoms with van der Waals surface area (Å²) in [5, 5.41) is 5.14. The lowest BCUT2D eigenvalue weighted by atomic mass is 10.0. The zero-order chi connectivity index (χ0) is 23.9. The number of carbonyl (C=O) groups is 2. The van der Waals surface area contributed by atoms with Crippen LogP contribution in [0.2, 0.25) is 0 Å². The van der Waals surface area contributed by atoms with Gasteiger partial charge in [0, 0.05) is 22.6 Å². The quantitative estimate of drug-likeness (QED) is 0.170. The van der Waals surface area contributed by atoms with Crippen molar-refractivity contribution >= 4 is 33.6 Å². The minimum absolute atomic E-state index is 0.116. The van der Waals surface area contributed by atoms with Crippen molar-refractivity contribution < 1.29 is 23.5 Å². The van der Waals surface area contributed by atoms with Crippen LogP contribution in [0.5, 0.6) is 5.75 Å². The highest BCUT2D eigenvalue weighted by molar-refractivity contribution is 6.07. The molecular weight excluding hydrogens is 434 g/mol. The summed E-state index contributed by atoms with van der Waals surface area (Å²) in [6.07, 6.45) is 2.01. The van der Waals surface area contributed by atoms with Gasteiger partial charge in [-0.05, 0) is 47.5 Å². The summed E-state index contributed by atoms with van der Waals surface area (Å²) >= 11 is 0. The number of benzene rings is 3. The minimum atomic E-state index is -0.616. The molecule has 0 spiro atoms. The first-order valence-electron chi connectivity index (χ1n) is 11.2. The molecule has 0 aliphatic carbocycles. The summed E-state index contributed by atoms with van der Waals surface area (Å²) in [6.45, 7) is 2.30. The Morgan fingerprint density at radius 2 is 1.79 bits per heavy atom. The van der Waals surface area contributed by atoms with E-state index in [4.69, 9.17) is 13.9 Å². The second-order valence-corrected chi connectivity index (χ2v) is 7.82. The Kier molecular flexibility index (Phi) is 7.22. The van der Waals surface area contributed by atoms with Gasteiger partial charge in [-0.3, -0.25) is 9.59 Å². The van der Waals surface area contributed by atoms with Crippen molar-refractivity contribution in [2.24, 2.45) is 0 Å². The maximum absolute atomic E-state index is 12.3. The molecule has 7 heteroatoms. The second-order valence-electron chi connectivity index (χ2n) is 7.82. The molecule has 0 radical (unpaired) electrons. The summed E-state index contributed by atoms with van der Waals surface area (Å²) in [5.41, 5.74) is 0.854. The predicted octanol–water partition coefficient (Wildman–Crippen LogP) is 4.60. The Hall–Kier alpha value is -4.13. The number of hydrogen-bond donors (Lipinski definition) is 1. The molecule has 34 heavy (non-hydrogen) atoms. The maximum Gasteiger partial charge on any atom is 0.336 e. The van der Waals surface area contributed by atoms with E-state index in [-0.39, 0.29) is 13.2 Å². The fourth-order valence-corrected chi connectivity index (χ4v) is 3.63. The van der Waals surface area contributed by atoms with Crippen LogP contribution in [0.25, 0.3) is 21.7 Å². The highest BCUT2D eigenvalue weighted by atomic mass is 16.5. The first-order chi connectivity index (χ1) is 16.5. The second kappa shape index (κ2) is 10.7. The number of fused-ring (bicyclic) bond motifs is 3. The van der Waals surface area contributed by atoms with E-state index in [0.717, 1.165) is 29.0 Å². The van der Waals surface area contributed by atoms with Crippen molar-refractivity contribution in [1.82, 2.24) is 5.32 Å². The van der Waals surface area contributed by atoms with E-state index in [9.17, 15) is 14.4 Å². The Bertz CT molecular complexity index is 1370. The lowest BCUT2D eigenvalue weighted by Gasteiger charge is -2.10. The highest BCUT2D eigenvalue weighted by Gasteiger charge is 2.13.